The zero-order chi connectivity index (χ0) is 20.9. The van der Waals surface area contributed by atoms with Crippen LogP contribution in [0.4, 0.5) is 5.69 Å². The Morgan fingerprint density at radius 1 is 1.14 bits per heavy atom. The number of piperidine rings is 1. The van der Waals surface area contributed by atoms with Crippen molar-refractivity contribution in [2.24, 2.45) is 0 Å². The molecule has 160 valence electrons. The van der Waals surface area contributed by atoms with Gasteiger partial charge in [0.15, 0.2) is 6.61 Å². The monoisotopic (exact) mass is 401 g/mol. The van der Waals surface area contributed by atoms with Crippen molar-refractivity contribution in [2.45, 2.75) is 58.3 Å². The first-order valence-corrected chi connectivity index (χ1v) is 10.9. The van der Waals surface area contributed by atoms with Gasteiger partial charge in [0.1, 0.15) is 5.75 Å². The van der Waals surface area contributed by atoms with Gasteiger partial charge >= 0.3 is 0 Å². The van der Waals surface area contributed by atoms with E-state index < -0.39 is 0 Å². The number of carbonyl (C=O) groups excluding carboxylic acids is 2. The number of rotatable bonds is 7. The third-order valence-corrected chi connectivity index (χ3v) is 5.75. The topological polar surface area (TPSA) is 61.9 Å². The van der Waals surface area contributed by atoms with Crippen molar-refractivity contribution >= 4 is 17.5 Å². The van der Waals surface area contributed by atoms with Crippen LogP contribution in [-0.4, -0.2) is 56.0 Å². The Morgan fingerprint density at radius 2 is 1.90 bits per heavy atom. The molecule has 29 heavy (non-hydrogen) atoms. The molecule has 2 aliphatic rings. The predicted octanol–water partition coefficient (Wildman–Crippen LogP) is 3.09. The Hall–Kier alpha value is -2.08. The summed E-state index contributed by atoms with van der Waals surface area (Å²) in [5.74, 6) is 0.754. The van der Waals surface area contributed by atoms with E-state index in [0.717, 1.165) is 36.6 Å². The van der Waals surface area contributed by atoms with Crippen LogP contribution in [0.5, 0.6) is 5.75 Å². The second kappa shape index (κ2) is 9.61. The standard InChI is InChI=1S/C23H35N3O3/c1-23(2,3)18-9-10-20-19(16-18)26(22(28)17-29-20)14-7-8-21(27)24-11-15-25-12-5-4-6-13-25/h9-10,16H,4-8,11-15,17H2,1-3H3,(H,24,27). The van der Waals surface area contributed by atoms with Gasteiger partial charge in [-0.25, -0.2) is 0 Å². The van der Waals surface area contributed by atoms with Crippen molar-refractivity contribution in [1.29, 1.82) is 0 Å². The molecule has 0 atom stereocenters. The fourth-order valence-corrected chi connectivity index (χ4v) is 3.94. The lowest BCUT2D eigenvalue weighted by molar-refractivity contribution is -0.122. The van der Waals surface area contributed by atoms with Crippen molar-refractivity contribution in [2.75, 3.05) is 44.2 Å². The fraction of sp³-hybridized carbons (Fsp3) is 0.652. The maximum absolute atomic E-state index is 12.4. The highest BCUT2D eigenvalue weighted by Gasteiger charge is 2.27. The number of likely N-dealkylation sites (tertiary alicyclic amines) is 1. The molecule has 0 spiro atoms. The molecular formula is C23H35N3O3. The van der Waals surface area contributed by atoms with E-state index in [0.29, 0.717) is 25.9 Å². The average molecular weight is 402 g/mol. The van der Waals surface area contributed by atoms with Gasteiger partial charge in [0.05, 0.1) is 5.69 Å². The average Bonchev–Trinajstić information content (AvgIpc) is 2.69. The lowest BCUT2D eigenvalue weighted by atomic mass is 9.86. The molecule has 2 amide bonds. The molecular weight excluding hydrogens is 366 g/mol. The summed E-state index contributed by atoms with van der Waals surface area (Å²) in [6.07, 6.45) is 4.92. The molecule has 1 saturated heterocycles. The molecule has 2 heterocycles. The third kappa shape index (κ3) is 5.95. The quantitative estimate of drug-likeness (QED) is 0.763. The summed E-state index contributed by atoms with van der Waals surface area (Å²) in [6.45, 7) is 11.0. The van der Waals surface area contributed by atoms with E-state index in [1.807, 2.05) is 12.1 Å². The molecule has 0 aliphatic carbocycles. The van der Waals surface area contributed by atoms with Crippen LogP contribution in [0.1, 0.15) is 58.4 Å². The van der Waals surface area contributed by atoms with Crippen LogP contribution >= 0.6 is 0 Å². The Kier molecular flexibility index (Phi) is 7.17. The number of benzene rings is 1. The van der Waals surface area contributed by atoms with Gasteiger partial charge in [-0.3, -0.25) is 9.59 Å². The predicted molar refractivity (Wildman–Crippen MR) is 116 cm³/mol. The molecule has 1 fully saturated rings. The van der Waals surface area contributed by atoms with E-state index in [2.05, 4.69) is 37.1 Å². The number of hydrogen-bond acceptors (Lipinski definition) is 4. The van der Waals surface area contributed by atoms with Gasteiger partial charge in [0, 0.05) is 26.1 Å². The summed E-state index contributed by atoms with van der Waals surface area (Å²) < 4.78 is 5.60. The third-order valence-electron chi connectivity index (χ3n) is 5.75. The molecule has 1 aromatic rings. The highest BCUT2D eigenvalue weighted by atomic mass is 16.5. The summed E-state index contributed by atoms with van der Waals surface area (Å²) in [5, 5.41) is 3.02. The number of nitrogens with one attached hydrogen (secondary N) is 1. The summed E-state index contributed by atoms with van der Waals surface area (Å²) in [4.78, 5) is 28.8. The van der Waals surface area contributed by atoms with E-state index in [4.69, 9.17) is 4.74 Å². The molecule has 0 saturated carbocycles. The van der Waals surface area contributed by atoms with Crippen LogP contribution in [0.2, 0.25) is 0 Å². The van der Waals surface area contributed by atoms with Crippen LogP contribution < -0.4 is 15.0 Å². The van der Waals surface area contributed by atoms with Crippen LogP contribution in [0, 0.1) is 0 Å². The maximum Gasteiger partial charge on any atom is 0.265 e. The molecule has 0 radical (unpaired) electrons. The zero-order valence-electron chi connectivity index (χ0n) is 18.1. The van der Waals surface area contributed by atoms with Gasteiger partial charge in [0.25, 0.3) is 5.91 Å². The van der Waals surface area contributed by atoms with Gasteiger partial charge in [-0.1, -0.05) is 33.3 Å². The molecule has 0 aromatic heterocycles. The normalized spacial score (nSPS) is 17.6. The molecule has 3 rings (SSSR count). The van der Waals surface area contributed by atoms with E-state index in [1.165, 1.54) is 19.3 Å². The zero-order valence-corrected chi connectivity index (χ0v) is 18.1. The summed E-state index contributed by atoms with van der Waals surface area (Å²) in [5.41, 5.74) is 1.98. The molecule has 6 nitrogen and oxygen atoms in total. The number of anilines is 1. The maximum atomic E-state index is 12.4. The van der Waals surface area contributed by atoms with Crippen molar-refractivity contribution in [3.8, 4) is 5.75 Å². The lowest BCUT2D eigenvalue weighted by Crippen LogP contribution is -2.40. The second-order valence-electron chi connectivity index (χ2n) is 9.12. The highest BCUT2D eigenvalue weighted by molar-refractivity contribution is 5.98. The van der Waals surface area contributed by atoms with Gasteiger partial charge in [-0.05, 0) is 55.5 Å². The Balaban J connectivity index is 1.48. The van der Waals surface area contributed by atoms with Crippen LogP contribution in [-0.2, 0) is 15.0 Å². The first-order chi connectivity index (χ1) is 13.8. The molecule has 0 bridgehead atoms. The SMILES string of the molecule is CC(C)(C)c1ccc2c(c1)N(CCCC(=O)NCCN1CCCCC1)C(=O)CO2. The fourth-order valence-electron chi connectivity index (χ4n) is 3.94. The minimum atomic E-state index is -0.0472. The number of carbonyl (C=O) groups is 2. The van der Waals surface area contributed by atoms with Crippen LogP contribution in [0.15, 0.2) is 18.2 Å². The number of amides is 2. The van der Waals surface area contributed by atoms with Crippen molar-refractivity contribution in [3.05, 3.63) is 23.8 Å². The molecule has 2 aliphatic heterocycles. The Morgan fingerprint density at radius 3 is 2.62 bits per heavy atom. The highest BCUT2D eigenvalue weighted by Crippen LogP contribution is 2.36. The number of nitrogens with zero attached hydrogens (tertiary/aromatic N) is 2. The first-order valence-electron chi connectivity index (χ1n) is 10.9. The summed E-state index contributed by atoms with van der Waals surface area (Å²) in [7, 11) is 0. The number of ether oxygens (including phenoxy) is 1. The van der Waals surface area contributed by atoms with Gasteiger partial charge in [0.2, 0.25) is 5.91 Å². The van der Waals surface area contributed by atoms with Crippen LogP contribution in [0.3, 0.4) is 0 Å². The molecule has 6 heteroatoms. The second-order valence-corrected chi connectivity index (χ2v) is 9.12. The van der Waals surface area contributed by atoms with E-state index >= 15 is 0 Å². The molecule has 0 unspecified atom stereocenters. The number of fused-ring (bicyclic) bond motifs is 1. The van der Waals surface area contributed by atoms with Gasteiger partial charge in [-0.15, -0.1) is 0 Å². The van der Waals surface area contributed by atoms with E-state index in [1.54, 1.807) is 4.90 Å². The Labute approximate surface area is 174 Å². The minimum absolute atomic E-state index is 0.00453. The van der Waals surface area contributed by atoms with Crippen LogP contribution in [0.25, 0.3) is 0 Å². The van der Waals surface area contributed by atoms with E-state index in [9.17, 15) is 9.59 Å². The number of hydrogen-bond donors (Lipinski definition) is 1. The first kappa shape index (κ1) is 21.6. The molecule has 1 N–H and O–H groups in total. The van der Waals surface area contributed by atoms with Crippen molar-refractivity contribution in [3.63, 3.8) is 0 Å². The smallest absolute Gasteiger partial charge is 0.265 e. The lowest BCUT2D eigenvalue weighted by Gasteiger charge is -2.31. The van der Waals surface area contributed by atoms with Gasteiger partial charge < -0.3 is 19.9 Å². The summed E-state index contributed by atoms with van der Waals surface area (Å²) in [6, 6.07) is 6.05. The van der Waals surface area contributed by atoms with E-state index in [-0.39, 0.29) is 23.8 Å². The van der Waals surface area contributed by atoms with Crippen molar-refractivity contribution in [1.82, 2.24) is 10.2 Å². The minimum Gasteiger partial charge on any atom is -0.482 e. The van der Waals surface area contributed by atoms with Crippen molar-refractivity contribution < 1.29 is 14.3 Å². The Bertz CT molecular complexity index is 721. The largest absolute Gasteiger partial charge is 0.482 e. The van der Waals surface area contributed by atoms with Gasteiger partial charge in [-0.2, -0.15) is 0 Å². The summed E-state index contributed by atoms with van der Waals surface area (Å²) >= 11 is 0. The molecule has 1 aromatic carbocycles.